The molecule has 1 radical (unpaired) electrons. The molecule has 0 saturated heterocycles. The Morgan fingerprint density at radius 3 is 1.40 bits per heavy atom. The average molecular weight is 274 g/mol. The van der Waals surface area contributed by atoms with Gasteiger partial charge in [0.15, 0.2) is 0 Å². The molecule has 0 amide bonds. The van der Waals surface area contributed by atoms with Crippen LogP contribution in [0.4, 0.5) is 0 Å². The van der Waals surface area contributed by atoms with E-state index in [0.717, 1.165) is 0 Å². The first kappa shape index (κ1) is 9.93. The van der Waals surface area contributed by atoms with E-state index >= 15 is 0 Å². The number of hydrogen-bond acceptors (Lipinski definition) is 0. The Morgan fingerprint density at radius 1 is 1.40 bits per heavy atom. The minimum atomic E-state index is 0. The van der Waals surface area contributed by atoms with Gasteiger partial charge in [0.25, 0.3) is 0 Å². The van der Waals surface area contributed by atoms with Crippen molar-refractivity contribution in [3.8, 4) is 0 Å². The molecule has 0 rings (SSSR count). The average Bonchev–Trinajstić information content (AvgIpc) is 0.811. The first-order valence-corrected chi connectivity index (χ1v) is 2.25. The zero-order valence-electron chi connectivity index (χ0n) is 2.41. The molecule has 0 aliphatic carbocycles. The van der Waals surface area contributed by atoms with Gasteiger partial charge in [-0.15, -0.1) is 3.39 Å². The number of halogens is 2. The van der Waals surface area contributed by atoms with Crippen LogP contribution in [0, 0.1) is 6.58 Å². The molecule has 0 nitrogen and oxygen atoms in total. The van der Waals surface area contributed by atoms with Crippen LogP contribution < -0.4 is 0 Å². The van der Waals surface area contributed by atoms with Crippen LogP contribution in [-0.4, -0.2) is 0 Å². The molecule has 0 heterocycles. The van der Waals surface area contributed by atoms with Gasteiger partial charge in [-0.05, 0) is 0 Å². The number of rotatable bonds is 0. The standard InChI is InChI=1S/C2HBr2.Y/c1-2(3)4;/h1H;/q-1;. The molecule has 0 aromatic carbocycles. The second-order valence-electron chi connectivity index (χ2n) is 0.290. The van der Waals surface area contributed by atoms with Crippen LogP contribution in [0.3, 0.4) is 0 Å². The minimum absolute atomic E-state index is 0. The van der Waals surface area contributed by atoms with Crippen molar-refractivity contribution in [2.45, 2.75) is 0 Å². The predicted octanol–water partition coefficient (Wildman–Crippen LogP) is 2.05. The van der Waals surface area contributed by atoms with E-state index in [0.29, 0.717) is 3.39 Å². The normalized spacial score (nSPS) is 5.20. The molecule has 0 fully saturated rings. The maximum absolute atomic E-state index is 4.86. The topological polar surface area (TPSA) is 0 Å². The Morgan fingerprint density at radius 2 is 1.40 bits per heavy atom. The molecule has 5 heavy (non-hydrogen) atoms. The summed E-state index contributed by atoms with van der Waals surface area (Å²) in [4.78, 5) is 0. The molecular weight excluding hydrogens is 273 g/mol. The van der Waals surface area contributed by atoms with Crippen LogP contribution in [0.2, 0.25) is 0 Å². The summed E-state index contributed by atoms with van der Waals surface area (Å²) in [5.74, 6) is 0. The van der Waals surface area contributed by atoms with Crippen LogP contribution in [0.25, 0.3) is 0 Å². The molecule has 0 saturated carbocycles. The second kappa shape index (κ2) is 5.80. The Bertz CT molecular complexity index is 30.6. The molecule has 0 aliphatic rings. The van der Waals surface area contributed by atoms with Crippen molar-refractivity contribution in [3.63, 3.8) is 0 Å². The first-order valence-electron chi connectivity index (χ1n) is 0.667. The van der Waals surface area contributed by atoms with Gasteiger partial charge in [-0.1, -0.05) is 31.9 Å². The molecule has 0 spiro atoms. The monoisotopic (exact) mass is 272 g/mol. The van der Waals surface area contributed by atoms with Crippen LogP contribution in [0.5, 0.6) is 0 Å². The Balaban J connectivity index is 0. The second-order valence-corrected chi connectivity index (χ2v) is 3.06. The summed E-state index contributed by atoms with van der Waals surface area (Å²) in [6, 6.07) is 0. The number of hydrogen-bond donors (Lipinski definition) is 0. The van der Waals surface area contributed by atoms with Crippen molar-refractivity contribution in [3.05, 3.63) is 9.97 Å². The van der Waals surface area contributed by atoms with Crippen molar-refractivity contribution in [1.82, 2.24) is 0 Å². The van der Waals surface area contributed by atoms with E-state index in [-0.39, 0.29) is 32.7 Å². The van der Waals surface area contributed by atoms with E-state index in [9.17, 15) is 0 Å². The molecular formula is C2HBr2Y-. The molecule has 0 aliphatic heterocycles. The zero-order valence-corrected chi connectivity index (χ0v) is 8.42. The van der Waals surface area contributed by atoms with Crippen LogP contribution in [0.15, 0.2) is 3.39 Å². The molecule has 27 valence electrons. The quantitative estimate of drug-likeness (QED) is 0.593. The Labute approximate surface area is 73.5 Å². The fourth-order valence-corrected chi connectivity index (χ4v) is 0. The van der Waals surface area contributed by atoms with Gasteiger partial charge in [-0.25, -0.2) is 0 Å². The van der Waals surface area contributed by atoms with Gasteiger partial charge in [0.05, 0.1) is 0 Å². The molecule has 0 aromatic heterocycles. The van der Waals surface area contributed by atoms with Crippen molar-refractivity contribution in [1.29, 1.82) is 0 Å². The SMILES string of the molecule is [CH-]=C(Br)Br.[Y]. The van der Waals surface area contributed by atoms with Crippen LogP contribution >= 0.6 is 31.9 Å². The van der Waals surface area contributed by atoms with E-state index in [1.807, 2.05) is 0 Å². The van der Waals surface area contributed by atoms with E-state index in [2.05, 4.69) is 31.9 Å². The molecule has 0 unspecified atom stereocenters. The van der Waals surface area contributed by atoms with Gasteiger partial charge >= 0.3 is 0 Å². The summed E-state index contributed by atoms with van der Waals surface area (Å²) in [6.07, 6.45) is 0. The van der Waals surface area contributed by atoms with Crippen LogP contribution in [0.1, 0.15) is 0 Å². The van der Waals surface area contributed by atoms with Crippen molar-refractivity contribution >= 4 is 31.9 Å². The summed E-state index contributed by atoms with van der Waals surface area (Å²) < 4.78 is 0.542. The zero-order chi connectivity index (χ0) is 3.58. The third-order valence-electron chi connectivity index (χ3n) is 0. The van der Waals surface area contributed by atoms with Gasteiger partial charge in [-0.2, -0.15) is 0 Å². The van der Waals surface area contributed by atoms with Crippen molar-refractivity contribution < 1.29 is 32.7 Å². The maximum Gasteiger partial charge on any atom is 0 e. The molecule has 0 aromatic rings. The van der Waals surface area contributed by atoms with Gasteiger partial charge in [-0.3, -0.25) is 0 Å². The first-order chi connectivity index (χ1) is 1.73. The van der Waals surface area contributed by atoms with E-state index in [4.69, 9.17) is 6.58 Å². The van der Waals surface area contributed by atoms with Crippen LogP contribution in [-0.2, 0) is 32.7 Å². The summed E-state index contributed by atoms with van der Waals surface area (Å²) in [7, 11) is 0. The summed E-state index contributed by atoms with van der Waals surface area (Å²) in [5.41, 5.74) is 0. The maximum atomic E-state index is 4.86. The van der Waals surface area contributed by atoms with Gasteiger partial charge in [0, 0.05) is 32.7 Å². The molecule has 0 bridgehead atoms. The van der Waals surface area contributed by atoms with E-state index < -0.39 is 0 Å². The largest absolute Gasteiger partial charge is 0.491 e. The fraction of sp³-hybridized carbons (Fsp3) is 0. The summed E-state index contributed by atoms with van der Waals surface area (Å²) in [6.45, 7) is 4.86. The van der Waals surface area contributed by atoms with Gasteiger partial charge in [0.1, 0.15) is 0 Å². The Kier molecular flexibility index (Phi) is 11.5. The van der Waals surface area contributed by atoms with Gasteiger partial charge < -0.3 is 6.58 Å². The Hall–Kier alpha value is 1.80. The predicted molar refractivity (Wildman–Crippen MR) is 25.7 cm³/mol. The van der Waals surface area contributed by atoms with E-state index in [1.54, 1.807) is 0 Å². The third kappa shape index (κ3) is 25.8. The molecule has 0 atom stereocenters. The minimum Gasteiger partial charge on any atom is -0.491 e. The summed E-state index contributed by atoms with van der Waals surface area (Å²) in [5, 5.41) is 0. The molecule has 0 N–H and O–H groups in total. The third-order valence-corrected chi connectivity index (χ3v) is 0. The van der Waals surface area contributed by atoms with E-state index in [1.165, 1.54) is 0 Å². The fourth-order valence-electron chi connectivity index (χ4n) is 0. The van der Waals surface area contributed by atoms with Crippen molar-refractivity contribution in [2.24, 2.45) is 0 Å². The molecule has 3 heteroatoms. The van der Waals surface area contributed by atoms with Crippen molar-refractivity contribution in [2.75, 3.05) is 0 Å². The smallest absolute Gasteiger partial charge is 0 e. The van der Waals surface area contributed by atoms with Gasteiger partial charge in [0.2, 0.25) is 0 Å². The summed E-state index contributed by atoms with van der Waals surface area (Å²) >= 11 is 5.76.